The molecule has 3 aromatic rings. The topological polar surface area (TPSA) is 72.8 Å². The molecule has 142 valence electrons. The largest absolute Gasteiger partial charge is 0.493 e. The fourth-order valence-electron chi connectivity index (χ4n) is 2.54. The Morgan fingerprint density at radius 2 is 1.86 bits per heavy atom. The minimum atomic E-state index is -0.300. The van der Waals surface area contributed by atoms with Gasteiger partial charge in [0.15, 0.2) is 11.5 Å². The standard InChI is InChI=1S/C22H21N3O3/c1-27-21-15-18(16-24-25-22(26)19-9-12-23-13-10-19)7-8-20(21)28-14-11-17-5-3-2-4-6-17/h2-10,12-13,15-16H,11,14H2,1H3,(H,25,26)/b24-16+. The molecule has 1 N–H and O–H groups in total. The van der Waals surface area contributed by atoms with E-state index in [1.807, 2.05) is 30.3 Å². The zero-order valence-corrected chi connectivity index (χ0v) is 15.5. The average Bonchev–Trinajstić information content (AvgIpc) is 2.75. The van der Waals surface area contributed by atoms with Crippen LogP contribution in [-0.2, 0) is 6.42 Å². The molecule has 1 amide bonds. The number of carbonyl (C=O) groups excluding carboxylic acids is 1. The summed E-state index contributed by atoms with van der Waals surface area (Å²) < 4.78 is 11.2. The first-order valence-electron chi connectivity index (χ1n) is 8.84. The van der Waals surface area contributed by atoms with Gasteiger partial charge in [0.1, 0.15) is 0 Å². The molecular weight excluding hydrogens is 354 g/mol. The van der Waals surface area contributed by atoms with Crippen molar-refractivity contribution >= 4 is 12.1 Å². The molecule has 1 heterocycles. The summed E-state index contributed by atoms with van der Waals surface area (Å²) in [5.74, 6) is 0.973. The zero-order chi connectivity index (χ0) is 19.6. The summed E-state index contributed by atoms with van der Waals surface area (Å²) in [5, 5.41) is 3.98. The lowest BCUT2D eigenvalue weighted by atomic mass is 10.2. The third-order valence-electron chi connectivity index (χ3n) is 4.00. The summed E-state index contributed by atoms with van der Waals surface area (Å²) in [6, 6.07) is 18.9. The minimum Gasteiger partial charge on any atom is -0.493 e. The van der Waals surface area contributed by atoms with Crippen molar-refractivity contribution in [1.29, 1.82) is 0 Å². The number of rotatable bonds is 8. The number of aromatic nitrogens is 1. The summed E-state index contributed by atoms with van der Waals surface area (Å²) in [5.41, 5.74) is 4.97. The quantitative estimate of drug-likeness (QED) is 0.483. The van der Waals surface area contributed by atoms with Crippen LogP contribution in [0.2, 0.25) is 0 Å². The van der Waals surface area contributed by atoms with E-state index in [-0.39, 0.29) is 5.91 Å². The first-order chi connectivity index (χ1) is 13.8. The van der Waals surface area contributed by atoms with E-state index < -0.39 is 0 Å². The molecule has 0 unspecified atom stereocenters. The van der Waals surface area contributed by atoms with Gasteiger partial charge in [0.05, 0.1) is 19.9 Å². The number of ether oxygens (including phenoxy) is 2. The SMILES string of the molecule is COc1cc(/C=N/NC(=O)c2ccncc2)ccc1OCCc1ccccc1. The third kappa shape index (κ3) is 5.41. The summed E-state index contributed by atoms with van der Waals surface area (Å²) in [6.45, 7) is 0.551. The smallest absolute Gasteiger partial charge is 0.271 e. The number of amides is 1. The summed E-state index contributed by atoms with van der Waals surface area (Å²) in [6.07, 6.45) is 5.48. The Morgan fingerprint density at radius 1 is 1.07 bits per heavy atom. The van der Waals surface area contributed by atoms with E-state index in [1.54, 1.807) is 43.9 Å². The molecule has 0 saturated carbocycles. The molecule has 1 aromatic heterocycles. The number of nitrogens with zero attached hydrogens (tertiary/aromatic N) is 2. The van der Waals surface area contributed by atoms with Crippen molar-refractivity contribution in [2.45, 2.75) is 6.42 Å². The molecular formula is C22H21N3O3. The Kier molecular flexibility index (Phi) is 6.73. The predicted octanol–water partition coefficient (Wildman–Crippen LogP) is 3.48. The summed E-state index contributed by atoms with van der Waals surface area (Å²) >= 11 is 0. The number of hydrogen-bond donors (Lipinski definition) is 1. The fraction of sp³-hybridized carbons (Fsp3) is 0.136. The van der Waals surface area contributed by atoms with Crippen LogP contribution in [-0.4, -0.2) is 30.8 Å². The first-order valence-corrected chi connectivity index (χ1v) is 8.84. The van der Waals surface area contributed by atoms with E-state index in [1.165, 1.54) is 5.56 Å². The van der Waals surface area contributed by atoms with Crippen LogP contribution in [0.15, 0.2) is 78.2 Å². The summed E-state index contributed by atoms with van der Waals surface area (Å²) in [4.78, 5) is 15.8. The molecule has 28 heavy (non-hydrogen) atoms. The van der Waals surface area contributed by atoms with Gasteiger partial charge in [-0.25, -0.2) is 5.43 Å². The van der Waals surface area contributed by atoms with Crippen molar-refractivity contribution in [2.24, 2.45) is 5.10 Å². The van der Waals surface area contributed by atoms with Gasteiger partial charge in [0.2, 0.25) is 0 Å². The molecule has 0 saturated heterocycles. The van der Waals surface area contributed by atoms with E-state index in [4.69, 9.17) is 9.47 Å². The monoisotopic (exact) mass is 375 g/mol. The Morgan fingerprint density at radius 3 is 2.61 bits per heavy atom. The van der Waals surface area contributed by atoms with Crippen molar-refractivity contribution in [3.63, 3.8) is 0 Å². The molecule has 6 heteroatoms. The van der Waals surface area contributed by atoms with Crippen molar-refractivity contribution < 1.29 is 14.3 Å². The molecule has 0 aliphatic carbocycles. The van der Waals surface area contributed by atoms with Gasteiger partial charge in [-0.15, -0.1) is 0 Å². The minimum absolute atomic E-state index is 0.300. The van der Waals surface area contributed by atoms with Crippen LogP contribution in [0.25, 0.3) is 0 Å². The molecule has 0 bridgehead atoms. The van der Waals surface area contributed by atoms with Gasteiger partial charge in [0, 0.05) is 24.4 Å². The van der Waals surface area contributed by atoms with Crippen LogP contribution < -0.4 is 14.9 Å². The van der Waals surface area contributed by atoms with Crippen LogP contribution >= 0.6 is 0 Å². The van der Waals surface area contributed by atoms with Gasteiger partial charge < -0.3 is 9.47 Å². The lowest BCUT2D eigenvalue weighted by Crippen LogP contribution is -2.17. The van der Waals surface area contributed by atoms with E-state index >= 15 is 0 Å². The molecule has 3 rings (SSSR count). The number of nitrogens with one attached hydrogen (secondary N) is 1. The normalized spacial score (nSPS) is 10.6. The van der Waals surface area contributed by atoms with E-state index in [0.29, 0.717) is 23.7 Å². The highest BCUT2D eigenvalue weighted by Crippen LogP contribution is 2.27. The number of carbonyl (C=O) groups is 1. The number of pyridine rings is 1. The highest BCUT2D eigenvalue weighted by atomic mass is 16.5. The maximum Gasteiger partial charge on any atom is 0.271 e. The van der Waals surface area contributed by atoms with E-state index in [2.05, 4.69) is 27.6 Å². The van der Waals surface area contributed by atoms with Gasteiger partial charge in [-0.3, -0.25) is 9.78 Å². The second-order valence-electron chi connectivity index (χ2n) is 5.93. The van der Waals surface area contributed by atoms with Gasteiger partial charge in [-0.1, -0.05) is 30.3 Å². The third-order valence-corrected chi connectivity index (χ3v) is 4.00. The first kappa shape index (κ1) is 19.1. The molecule has 0 aliphatic rings. The maximum atomic E-state index is 11.9. The highest BCUT2D eigenvalue weighted by molar-refractivity contribution is 5.94. The Balaban J connectivity index is 1.57. The number of hydrogen-bond acceptors (Lipinski definition) is 5. The highest BCUT2D eigenvalue weighted by Gasteiger charge is 2.06. The van der Waals surface area contributed by atoms with Crippen LogP contribution in [0.1, 0.15) is 21.5 Å². The van der Waals surface area contributed by atoms with Crippen LogP contribution in [0, 0.1) is 0 Å². The molecule has 6 nitrogen and oxygen atoms in total. The van der Waals surface area contributed by atoms with Crippen molar-refractivity contribution in [3.8, 4) is 11.5 Å². The molecule has 0 spiro atoms. The second-order valence-corrected chi connectivity index (χ2v) is 5.93. The fourth-order valence-corrected chi connectivity index (χ4v) is 2.54. The molecule has 0 aliphatic heterocycles. The van der Waals surface area contributed by atoms with Crippen molar-refractivity contribution in [3.05, 3.63) is 89.7 Å². The molecule has 0 radical (unpaired) electrons. The van der Waals surface area contributed by atoms with Gasteiger partial charge in [-0.05, 0) is 41.5 Å². The van der Waals surface area contributed by atoms with Crippen LogP contribution in [0.5, 0.6) is 11.5 Å². The van der Waals surface area contributed by atoms with Crippen molar-refractivity contribution in [1.82, 2.24) is 10.4 Å². The lowest BCUT2D eigenvalue weighted by molar-refractivity contribution is 0.0955. The maximum absolute atomic E-state index is 11.9. The van der Waals surface area contributed by atoms with Crippen LogP contribution in [0.3, 0.4) is 0 Å². The molecule has 2 aromatic carbocycles. The van der Waals surface area contributed by atoms with E-state index in [9.17, 15) is 4.79 Å². The van der Waals surface area contributed by atoms with Gasteiger partial charge >= 0.3 is 0 Å². The van der Waals surface area contributed by atoms with E-state index in [0.717, 1.165) is 12.0 Å². The van der Waals surface area contributed by atoms with Crippen LogP contribution in [0.4, 0.5) is 0 Å². The second kappa shape index (κ2) is 9.87. The number of hydrazone groups is 1. The molecule has 0 atom stereocenters. The predicted molar refractivity (Wildman–Crippen MR) is 108 cm³/mol. The Hall–Kier alpha value is -3.67. The number of benzene rings is 2. The zero-order valence-electron chi connectivity index (χ0n) is 15.5. The Bertz CT molecular complexity index is 928. The van der Waals surface area contributed by atoms with Crippen molar-refractivity contribution in [2.75, 3.05) is 13.7 Å². The lowest BCUT2D eigenvalue weighted by Gasteiger charge is -2.11. The van der Waals surface area contributed by atoms with Gasteiger partial charge in [0.25, 0.3) is 5.91 Å². The van der Waals surface area contributed by atoms with Gasteiger partial charge in [-0.2, -0.15) is 5.10 Å². The Labute approximate surface area is 163 Å². The number of methoxy groups -OCH3 is 1. The summed E-state index contributed by atoms with van der Waals surface area (Å²) in [7, 11) is 1.59. The average molecular weight is 375 g/mol. The molecule has 0 fully saturated rings.